The molecule has 0 bridgehead atoms. The first-order valence-electron chi connectivity index (χ1n) is 11.8. The third kappa shape index (κ3) is 7.52. The Labute approximate surface area is 194 Å². The zero-order valence-electron chi connectivity index (χ0n) is 21.0. The molecule has 2 aromatic carbocycles. The third-order valence-electron chi connectivity index (χ3n) is 3.75. The Kier molecular flexibility index (Phi) is 14.9. The van der Waals surface area contributed by atoms with Gasteiger partial charge in [-0.1, -0.05) is 129 Å². The molecule has 2 N–H and O–H groups in total. The summed E-state index contributed by atoms with van der Waals surface area (Å²) < 4.78 is 0. The van der Waals surface area contributed by atoms with Gasteiger partial charge in [-0.3, -0.25) is 4.79 Å². The molecule has 3 aromatic rings. The number of aromatic hydroxyl groups is 1. The van der Waals surface area contributed by atoms with Crippen LogP contribution in [0.25, 0.3) is 11.3 Å². The van der Waals surface area contributed by atoms with Gasteiger partial charge in [0.05, 0.1) is 22.5 Å². The Morgan fingerprint density at radius 2 is 1.12 bits per heavy atom. The molecule has 1 aromatic heterocycles. The molecule has 1 amide bonds. The minimum absolute atomic E-state index is 0.0256. The van der Waals surface area contributed by atoms with Crippen LogP contribution in [0.15, 0.2) is 65.7 Å². The molecule has 0 fully saturated rings. The number of carbonyl (C=O) groups excluding carboxylic acids is 1. The van der Waals surface area contributed by atoms with Crippen molar-refractivity contribution in [3.8, 4) is 17.1 Å². The van der Waals surface area contributed by atoms with Gasteiger partial charge in [-0.25, -0.2) is 4.99 Å². The summed E-state index contributed by atoms with van der Waals surface area (Å²) in [6, 6.07) is 18.8. The standard InChI is InChI=1S/C18H12N2O2.2C3H8.2C2H6/c21-17-13-14(16(20-17)12-9-5-2-6-10-12)18(22)19-15(13)11-7-3-1-4-8-11;2*1-3-2;2*1-2/h1-10,19,22H;2*3H2,1-2H3;2*1-2H3. The van der Waals surface area contributed by atoms with Gasteiger partial charge >= 0.3 is 0 Å². The molecule has 0 atom stereocenters. The van der Waals surface area contributed by atoms with Crippen molar-refractivity contribution < 1.29 is 9.90 Å². The molecule has 4 rings (SSSR count). The van der Waals surface area contributed by atoms with Gasteiger partial charge < -0.3 is 10.1 Å². The van der Waals surface area contributed by atoms with Crippen LogP contribution in [0, 0.1) is 0 Å². The largest absolute Gasteiger partial charge is 0.494 e. The first-order chi connectivity index (χ1) is 15.6. The maximum Gasteiger partial charge on any atom is 0.280 e. The first kappa shape index (κ1) is 28.9. The number of aliphatic imine (C=N–C) groups is 1. The Balaban J connectivity index is 0.000000838. The Bertz CT molecular complexity index is 925. The van der Waals surface area contributed by atoms with Crippen LogP contribution in [0.5, 0.6) is 5.88 Å². The average Bonchev–Trinajstić information content (AvgIpc) is 3.37. The highest BCUT2D eigenvalue weighted by Gasteiger charge is 2.33. The summed E-state index contributed by atoms with van der Waals surface area (Å²) in [6.07, 6.45) is 2.50. The molecule has 4 nitrogen and oxygen atoms in total. The number of fused-ring (bicyclic) bond motifs is 1. The molecule has 2 heterocycles. The lowest BCUT2D eigenvalue weighted by molar-refractivity contribution is 0.101. The van der Waals surface area contributed by atoms with Crippen LogP contribution in [-0.4, -0.2) is 21.7 Å². The van der Waals surface area contributed by atoms with Crippen molar-refractivity contribution in [2.75, 3.05) is 0 Å². The highest BCUT2D eigenvalue weighted by atomic mass is 16.3. The summed E-state index contributed by atoms with van der Waals surface area (Å²) in [4.78, 5) is 19.4. The number of hydrogen-bond donors (Lipinski definition) is 2. The summed E-state index contributed by atoms with van der Waals surface area (Å²) in [6.45, 7) is 16.5. The van der Waals surface area contributed by atoms with Gasteiger partial charge in [-0.15, -0.1) is 0 Å². The molecule has 0 spiro atoms. The molecular formula is C28H40N2O2. The fraction of sp³-hybridized carbons (Fsp3) is 0.357. The lowest BCUT2D eigenvalue weighted by atomic mass is 10.0. The van der Waals surface area contributed by atoms with Crippen LogP contribution in [0.3, 0.4) is 0 Å². The Morgan fingerprint density at radius 1 is 0.719 bits per heavy atom. The molecular weight excluding hydrogens is 396 g/mol. The van der Waals surface area contributed by atoms with Crippen molar-refractivity contribution in [2.24, 2.45) is 4.99 Å². The highest BCUT2D eigenvalue weighted by molar-refractivity contribution is 6.30. The maximum absolute atomic E-state index is 12.3. The molecule has 4 heteroatoms. The monoisotopic (exact) mass is 436 g/mol. The third-order valence-corrected chi connectivity index (χ3v) is 3.75. The van der Waals surface area contributed by atoms with Crippen LogP contribution >= 0.6 is 0 Å². The van der Waals surface area contributed by atoms with Gasteiger partial charge in [-0.05, 0) is 5.56 Å². The normalized spacial score (nSPS) is 10.5. The summed E-state index contributed by atoms with van der Waals surface area (Å²) in [5.41, 5.74) is 3.68. The molecule has 1 aliphatic heterocycles. The van der Waals surface area contributed by atoms with Gasteiger partial charge in [0, 0.05) is 5.56 Å². The predicted molar refractivity (Wildman–Crippen MR) is 139 cm³/mol. The Hall–Kier alpha value is -3.14. The van der Waals surface area contributed by atoms with Crippen molar-refractivity contribution in [1.29, 1.82) is 0 Å². The minimum Gasteiger partial charge on any atom is -0.494 e. The van der Waals surface area contributed by atoms with Gasteiger partial charge in [0.1, 0.15) is 0 Å². The van der Waals surface area contributed by atoms with Crippen molar-refractivity contribution in [2.45, 2.75) is 68.2 Å². The van der Waals surface area contributed by atoms with Crippen molar-refractivity contribution >= 4 is 11.6 Å². The first-order valence-corrected chi connectivity index (χ1v) is 11.8. The van der Waals surface area contributed by atoms with Crippen molar-refractivity contribution in [3.05, 3.63) is 77.4 Å². The number of H-pyrrole nitrogens is 1. The maximum atomic E-state index is 12.3. The van der Waals surface area contributed by atoms with E-state index in [1.165, 1.54) is 12.8 Å². The number of aromatic amines is 1. The summed E-state index contributed by atoms with van der Waals surface area (Å²) in [5, 5.41) is 10.3. The lowest BCUT2D eigenvalue weighted by Gasteiger charge is -2.00. The molecule has 0 aliphatic carbocycles. The van der Waals surface area contributed by atoms with E-state index in [-0.39, 0.29) is 11.8 Å². The van der Waals surface area contributed by atoms with E-state index in [2.05, 4.69) is 37.7 Å². The number of benzene rings is 2. The van der Waals surface area contributed by atoms with E-state index >= 15 is 0 Å². The molecule has 32 heavy (non-hydrogen) atoms. The topological polar surface area (TPSA) is 65.4 Å². The summed E-state index contributed by atoms with van der Waals surface area (Å²) in [7, 11) is 0. The number of carbonyl (C=O) groups is 1. The van der Waals surface area contributed by atoms with E-state index in [1.807, 2.05) is 88.4 Å². The van der Waals surface area contributed by atoms with Crippen LogP contribution in [0.1, 0.15) is 89.7 Å². The van der Waals surface area contributed by atoms with Gasteiger partial charge in [-0.2, -0.15) is 0 Å². The van der Waals surface area contributed by atoms with Crippen LogP contribution in [-0.2, 0) is 0 Å². The van der Waals surface area contributed by atoms with E-state index in [9.17, 15) is 9.90 Å². The number of aromatic nitrogens is 1. The summed E-state index contributed by atoms with van der Waals surface area (Å²) in [5.74, 6) is -0.355. The van der Waals surface area contributed by atoms with Gasteiger partial charge in [0.25, 0.3) is 5.91 Å². The second-order valence-electron chi connectivity index (χ2n) is 6.51. The van der Waals surface area contributed by atoms with E-state index in [0.29, 0.717) is 22.5 Å². The van der Waals surface area contributed by atoms with Crippen molar-refractivity contribution in [3.63, 3.8) is 0 Å². The van der Waals surface area contributed by atoms with E-state index in [0.717, 1.165) is 11.1 Å². The van der Waals surface area contributed by atoms with E-state index < -0.39 is 0 Å². The number of hydrogen-bond acceptors (Lipinski definition) is 2. The summed E-state index contributed by atoms with van der Waals surface area (Å²) >= 11 is 0. The molecule has 0 saturated heterocycles. The second kappa shape index (κ2) is 16.5. The molecule has 174 valence electrons. The highest BCUT2D eigenvalue weighted by Crippen LogP contribution is 2.37. The number of amides is 1. The van der Waals surface area contributed by atoms with Gasteiger partial charge in [0.2, 0.25) is 0 Å². The molecule has 1 aliphatic rings. The molecule has 0 saturated carbocycles. The number of nitrogens with zero attached hydrogens (tertiary/aromatic N) is 1. The SMILES string of the molecule is CC.CC.CCC.CCC.O=C1N=C(c2ccccc2)c2c(O)[nH]c(-c3ccccc3)c21. The van der Waals surface area contributed by atoms with Crippen LogP contribution in [0.2, 0.25) is 0 Å². The average molecular weight is 437 g/mol. The molecule has 0 unspecified atom stereocenters. The zero-order valence-corrected chi connectivity index (χ0v) is 21.0. The fourth-order valence-corrected chi connectivity index (χ4v) is 2.77. The number of rotatable bonds is 2. The predicted octanol–water partition coefficient (Wildman–Crippen LogP) is 8.26. The van der Waals surface area contributed by atoms with E-state index in [1.54, 1.807) is 0 Å². The van der Waals surface area contributed by atoms with Crippen LogP contribution < -0.4 is 0 Å². The lowest BCUT2D eigenvalue weighted by Crippen LogP contribution is -1.99. The quantitative estimate of drug-likeness (QED) is 0.424. The Morgan fingerprint density at radius 3 is 1.56 bits per heavy atom. The minimum atomic E-state index is -0.329. The zero-order chi connectivity index (χ0) is 24.5. The van der Waals surface area contributed by atoms with Crippen molar-refractivity contribution in [1.82, 2.24) is 4.98 Å². The van der Waals surface area contributed by atoms with E-state index in [4.69, 9.17) is 0 Å². The van der Waals surface area contributed by atoms with Crippen LogP contribution in [0.4, 0.5) is 0 Å². The number of nitrogens with one attached hydrogen (secondary N) is 1. The van der Waals surface area contributed by atoms with Gasteiger partial charge in [0.15, 0.2) is 5.88 Å². The second-order valence-corrected chi connectivity index (χ2v) is 6.51. The molecule has 0 radical (unpaired) electrons. The smallest absolute Gasteiger partial charge is 0.280 e. The fourth-order valence-electron chi connectivity index (χ4n) is 2.77.